The molecule has 0 spiro atoms. The molecule has 4 nitrogen and oxygen atoms in total. The molecular weight excluding hydrogens is 396 g/mol. The normalized spacial score (nSPS) is 19.8. The molecule has 1 fully saturated rings. The summed E-state index contributed by atoms with van der Waals surface area (Å²) in [7, 11) is 0. The third-order valence-electron chi connectivity index (χ3n) is 4.21. The molecule has 3 rings (SSSR count). The van der Waals surface area contributed by atoms with Gasteiger partial charge in [0.05, 0.1) is 10.8 Å². The van der Waals surface area contributed by atoms with Crippen LogP contribution in [0.1, 0.15) is 11.1 Å². The van der Waals surface area contributed by atoms with E-state index in [4.69, 9.17) is 0 Å². The summed E-state index contributed by atoms with van der Waals surface area (Å²) >= 11 is 1.21. The summed E-state index contributed by atoms with van der Waals surface area (Å²) in [5, 5.41) is 4.40. The van der Waals surface area contributed by atoms with Crippen LogP contribution in [0.25, 0.3) is 0 Å². The number of nitrogens with one attached hydrogen (secondary N) is 2. The molecule has 2 aromatic rings. The number of carbonyl (C=O) groups excluding carboxylic acids is 2. The lowest BCUT2D eigenvalue weighted by atomic mass is 10.1. The van der Waals surface area contributed by atoms with Crippen molar-refractivity contribution < 1.29 is 27.2 Å². The molecule has 1 saturated heterocycles. The van der Waals surface area contributed by atoms with E-state index < -0.39 is 40.7 Å². The van der Waals surface area contributed by atoms with Crippen LogP contribution < -0.4 is 10.6 Å². The number of anilines is 1. The average Bonchev–Trinajstić information content (AvgIpc) is 2.64. The van der Waals surface area contributed by atoms with E-state index in [0.717, 1.165) is 12.1 Å². The second kappa shape index (κ2) is 8.22. The molecule has 0 aliphatic carbocycles. The number of rotatable bonds is 4. The number of alkyl halides is 3. The lowest BCUT2D eigenvalue weighted by Crippen LogP contribution is -2.52. The Balaban J connectivity index is 1.60. The van der Waals surface area contributed by atoms with Gasteiger partial charge in [0.1, 0.15) is 11.9 Å². The third kappa shape index (κ3) is 4.83. The van der Waals surface area contributed by atoms with Gasteiger partial charge in [0.15, 0.2) is 0 Å². The number of carbonyl (C=O) groups is 2. The highest BCUT2D eigenvalue weighted by molar-refractivity contribution is 8.00. The fraction of sp³-hybridized carbons (Fsp3) is 0.263. The molecule has 148 valence electrons. The number of amides is 2. The average molecular weight is 412 g/mol. The van der Waals surface area contributed by atoms with Gasteiger partial charge in [0, 0.05) is 11.4 Å². The first-order valence-corrected chi connectivity index (χ1v) is 9.42. The van der Waals surface area contributed by atoms with Gasteiger partial charge in [-0.25, -0.2) is 4.39 Å². The minimum absolute atomic E-state index is 0.00689. The van der Waals surface area contributed by atoms with E-state index in [1.807, 2.05) is 0 Å². The van der Waals surface area contributed by atoms with Crippen molar-refractivity contribution in [2.45, 2.75) is 23.9 Å². The van der Waals surface area contributed by atoms with Crippen LogP contribution in [0.5, 0.6) is 0 Å². The Kier molecular flexibility index (Phi) is 5.93. The van der Waals surface area contributed by atoms with Crippen molar-refractivity contribution in [1.29, 1.82) is 0 Å². The van der Waals surface area contributed by atoms with Crippen LogP contribution in [0, 0.1) is 5.82 Å². The highest BCUT2D eigenvalue weighted by Crippen LogP contribution is 2.31. The van der Waals surface area contributed by atoms with Crippen molar-refractivity contribution in [3.05, 3.63) is 65.5 Å². The Bertz CT molecular complexity index is 888. The second-order valence-corrected chi connectivity index (χ2v) is 7.48. The maximum atomic E-state index is 13.8. The van der Waals surface area contributed by atoms with E-state index in [2.05, 4.69) is 10.6 Å². The Morgan fingerprint density at radius 1 is 1.18 bits per heavy atom. The molecular formula is C19H16F4N2O2S. The number of thioether (sulfide) groups is 1. The zero-order valence-electron chi connectivity index (χ0n) is 14.4. The largest absolute Gasteiger partial charge is 0.416 e. The zero-order chi connectivity index (χ0) is 20.3. The smallest absolute Gasteiger partial charge is 0.343 e. The predicted octanol–water partition coefficient (Wildman–Crippen LogP) is 3.63. The molecule has 0 saturated carbocycles. The minimum Gasteiger partial charge on any atom is -0.343 e. The van der Waals surface area contributed by atoms with E-state index >= 15 is 0 Å². The van der Waals surface area contributed by atoms with Gasteiger partial charge in [-0.2, -0.15) is 13.2 Å². The summed E-state index contributed by atoms with van der Waals surface area (Å²) in [5.74, 6) is -1.19. The van der Waals surface area contributed by atoms with E-state index in [-0.39, 0.29) is 17.9 Å². The van der Waals surface area contributed by atoms with Gasteiger partial charge in [-0.3, -0.25) is 9.59 Å². The van der Waals surface area contributed by atoms with Crippen LogP contribution in [0.3, 0.4) is 0 Å². The van der Waals surface area contributed by atoms with Crippen molar-refractivity contribution in [1.82, 2.24) is 5.32 Å². The first-order chi connectivity index (χ1) is 13.2. The summed E-state index contributed by atoms with van der Waals surface area (Å²) in [6, 6.07) is 9.52. The molecule has 2 amide bonds. The van der Waals surface area contributed by atoms with E-state index in [1.54, 1.807) is 18.2 Å². The fourth-order valence-corrected chi connectivity index (χ4v) is 3.93. The topological polar surface area (TPSA) is 58.2 Å². The predicted molar refractivity (Wildman–Crippen MR) is 98.4 cm³/mol. The molecule has 1 aliphatic heterocycles. The summed E-state index contributed by atoms with van der Waals surface area (Å²) in [5.41, 5.74) is -0.480. The van der Waals surface area contributed by atoms with Gasteiger partial charge in [0.2, 0.25) is 11.8 Å². The Morgan fingerprint density at radius 3 is 2.61 bits per heavy atom. The molecule has 0 bridgehead atoms. The van der Waals surface area contributed by atoms with Gasteiger partial charge in [0.25, 0.3) is 0 Å². The lowest BCUT2D eigenvalue weighted by molar-refractivity contribution is -0.137. The van der Waals surface area contributed by atoms with Gasteiger partial charge >= 0.3 is 6.18 Å². The molecule has 0 radical (unpaired) electrons. The zero-order valence-corrected chi connectivity index (χ0v) is 15.2. The summed E-state index contributed by atoms with van der Waals surface area (Å²) in [6.45, 7) is 0. The van der Waals surface area contributed by atoms with Crippen molar-refractivity contribution in [3.8, 4) is 0 Å². The van der Waals surface area contributed by atoms with Crippen molar-refractivity contribution in [3.63, 3.8) is 0 Å². The van der Waals surface area contributed by atoms with Crippen molar-refractivity contribution in [2.24, 2.45) is 0 Å². The molecule has 0 aromatic heterocycles. The van der Waals surface area contributed by atoms with Gasteiger partial charge in [-0.1, -0.05) is 24.3 Å². The van der Waals surface area contributed by atoms with E-state index in [0.29, 0.717) is 5.56 Å². The van der Waals surface area contributed by atoms with Crippen LogP contribution in [-0.4, -0.2) is 28.9 Å². The van der Waals surface area contributed by atoms with Crippen LogP contribution >= 0.6 is 11.8 Å². The van der Waals surface area contributed by atoms with Crippen molar-refractivity contribution in [2.75, 3.05) is 11.1 Å². The first kappa shape index (κ1) is 20.2. The van der Waals surface area contributed by atoms with Crippen LogP contribution in [0.2, 0.25) is 0 Å². The molecule has 2 aromatic carbocycles. The van der Waals surface area contributed by atoms with Crippen LogP contribution in [-0.2, 0) is 22.2 Å². The van der Waals surface area contributed by atoms with E-state index in [1.165, 1.54) is 30.0 Å². The van der Waals surface area contributed by atoms with Crippen LogP contribution in [0.15, 0.2) is 48.5 Å². The molecule has 9 heteroatoms. The third-order valence-corrected chi connectivity index (χ3v) is 5.52. The van der Waals surface area contributed by atoms with Crippen molar-refractivity contribution >= 4 is 29.3 Å². The van der Waals surface area contributed by atoms with Gasteiger partial charge in [-0.15, -0.1) is 11.8 Å². The number of hydrogen-bond donors (Lipinski definition) is 2. The number of hydrogen-bond acceptors (Lipinski definition) is 3. The maximum absolute atomic E-state index is 13.8. The monoisotopic (exact) mass is 412 g/mol. The van der Waals surface area contributed by atoms with Crippen LogP contribution in [0.4, 0.5) is 23.2 Å². The highest BCUT2D eigenvalue weighted by Gasteiger charge is 2.34. The Labute approximate surface area is 162 Å². The molecule has 28 heavy (non-hydrogen) atoms. The Hall–Kier alpha value is -2.55. The molecule has 1 aliphatic rings. The highest BCUT2D eigenvalue weighted by atomic mass is 32.2. The molecule has 2 unspecified atom stereocenters. The SMILES string of the molecule is O=C(Nc1cccc(C(F)(F)F)c1)C1CSC(Cc2ccccc2F)C(=O)N1. The maximum Gasteiger partial charge on any atom is 0.416 e. The molecule has 2 atom stereocenters. The first-order valence-electron chi connectivity index (χ1n) is 8.37. The number of halogens is 4. The van der Waals surface area contributed by atoms with Gasteiger partial charge < -0.3 is 10.6 Å². The lowest BCUT2D eigenvalue weighted by Gasteiger charge is -2.28. The van der Waals surface area contributed by atoms with Gasteiger partial charge in [-0.05, 0) is 36.2 Å². The fourth-order valence-electron chi connectivity index (χ4n) is 2.75. The second-order valence-electron chi connectivity index (χ2n) is 6.25. The minimum atomic E-state index is -4.52. The summed E-state index contributed by atoms with van der Waals surface area (Å²) in [4.78, 5) is 24.6. The number of benzene rings is 2. The summed E-state index contributed by atoms with van der Waals surface area (Å²) in [6.07, 6.45) is -4.33. The van der Waals surface area contributed by atoms with E-state index in [9.17, 15) is 27.2 Å². The standard InChI is InChI=1S/C19H16F4N2O2S/c20-14-7-2-1-4-11(14)8-16-18(27)25-15(10-28-16)17(26)24-13-6-3-5-12(9-13)19(21,22)23/h1-7,9,15-16H,8,10H2,(H,24,26)(H,25,27). The quantitative estimate of drug-likeness (QED) is 0.755. The summed E-state index contributed by atoms with van der Waals surface area (Å²) < 4.78 is 52.0. The Morgan fingerprint density at radius 2 is 1.93 bits per heavy atom. The molecule has 2 N–H and O–H groups in total. The molecule has 1 heterocycles.